The lowest BCUT2D eigenvalue weighted by Gasteiger charge is -2.27. The molecule has 1 rings (SSSR count). The fourth-order valence-corrected chi connectivity index (χ4v) is 1.80. The van der Waals surface area contributed by atoms with Gasteiger partial charge in [-0.25, -0.2) is 0 Å². The molecule has 0 saturated carbocycles. The Hall–Kier alpha value is -1.02. The second-order valence-electron chi connectivity index (χ2n) is 6.17. The van der Waals surface area contributed by atoms with Crippen LogP contribution in [0.3, 0.4) is 0 Å². The van der Waals surface area contributed by atoms with Crippen LogP contribution in [-0.4, -0.2) is 19.2 Å². The number of rotatable bonds is 4. The average Bonchev–Trinajstić information content (AvgIpc) is 2.16. The van der Waals surface area contributed by atoms with E-state index in [-0.39, 0.29) is 11.0 Å². The van der Waals surface area contributed by atoms with Crippen molar-refractivity contribution in [3.05, 3.63) is 29.8 Å². The molecule has 0 saturated heterocycles. The lowest BCUT2D eigenvalue weighted by molar-refractivity contribution is 0.110. The van der Waals surface area contributed by atoms with E-state index in [2.05, 4.69) is 64.2 Å². The number of ether oxygens (including phenoxy) is 1. The van der Waals surface area contributed by atoms with Crippen molar-refractivity contribution >= 4 is 0 Å². The molecular formula is C15H25NO. The van der Waals surface area contributed by atoms with Crippen LogP contribution >= 0.6 is 0 Å². The lowest BCUT2D eigenvalue weighted by atomic mass is 9.87. The van der Waals surface area contributed by atoms with Crippen molar-refractivity contribution < 1.29 is 4.74 Å². The van der Waals surface area contributed by atoms with Gasteiger partial charge in [-0.05, 0) is 44.0 Å². The minimum absolute atomic E-state index is 0.183. The largest absolute Gasteiger partial charge is 0.487 e. The quantitative estimate of drug-likeness (QED) is 0.864. The highest BCUT2D eigenvalue weighted by Crippen LogP contribution is 2.25. The van der Waals surface area contributed by atoms with E-state index >= 15 is 0 Å². The third-order valence-electron chi connectivity index (χ3n) is 2.72. The Labute approximate surface area is 105 Å². The average molecular weight is 235 g/mol. The van der Waals surface area contributed by atoms with Crippen molar-refractivity contribution in [1.82, 2.24) is 5.32 Å². The second-order valence-corrected chi connectivity index (χ2v) is 6.17. The highest BCUT2D eigenvalue weighted by atomic mass is 16.5. The predicted octanol–water partition coefficient (Wildman–Crippen LogP) is 3.36. The molecule has 96 valence electrons. The molecule has 0 amide bonds. The summed E-state index contributed by atoms with van der Waals surface area (Å²) in [5.74, 6) is 0.929. The van der Waals surface area contributed by atoms with Crippen LogP contribution in [0.25, 0.3) is 0 Å². The first-order chi connectivity index (χ1) is 7.74. The normalized spacial score (nSPS) is 12.6. The molecule has 0 aliphatic rings. The summed E-state index contributed by atoms with van der Waals surface area (Å²) in [6, 6.07) is 8.39. The molecular weight excluding hydrogens is 210 g/mol. The van der Waals surface area contributed by atoms with Gasteiger partial charge in [-0.15, -0.1) is 0 Å². The van der Waals surface area contributed by atoms with Crippen molar-refractivity contribution in [3.8, 4) is 5.75 Å². The van der Waals surface area contributed by atoms with Crippen molar-refractivity contribution in [2.75, 3.05) is 13.6 Å². The Morgan fingerprint density at radius 2 is 1.53 bits per heavy atom. The first-order valence-corrected chi connectivity index (χ1v) is 6.19. The third kappa shape index (κ3) is 4.39. The molecule has 1 N–H and O–H groups in total. The number of hydrogen-bond acceptors (Lipinski definition) is 2. The van der Waals surface area contributed by atoms with Gasteiger partial charge in [-0.1, -0.05) is 32.9 Å². The maximum Gasteiger partial charge on any atom is 0.120 e. The highest BCUT2D eigenvalue weighted by Gasteiger charge is 2.19. The van der Waals surface area contributed by atoms with Gasteiger partial charge in [0, 0.05) is 6.54 Å². The van der Waals surface area contributed by atoms with E-state index < -0.39 is 0 Å². The number of benzene rings is 1. The highest BCUT2D eigenvalue weighted by molar-refractivity contribution is 5.31. The monoisotopic (exact) mass is 235 g/mol. The molecule has 2 nitrogen and oxygen atoms in total. The van der Waals surface area contributed by atoms with Crippen molar-refractivity contribution in [3.63, 3.8) is 0 Å². The third-order valence-corrected chi connectivity index (χ3v) is 2.72. The van der Waals surface area contributed by atoms with Crippen LogP contribution in [0.1, 0.15) is 40.2 Å². The van der Waals surface area contributed by atoms with Gasteiger partial charge in [-0.3, -0.25) is 0 Å². The second kappa shape index (κ2) is 5.09. The van der Waals surface area contributed by atoms with Crippen molar-refractivity contribution in [2.45, 2.75) is 45.6 Å². The Morgan fingerprint density at radius 1 is 1.00 bits per heavy atom. The molecule has 1 aromatic carbocycles. The molecule has 0 aliphatic heterocycles. The van der Waals surface area contributed by atoms with Gasteiger partial charge >= 0.3 is 0 Å². The standard InChI is InChI=1S/C15H25NO/c1-14(2,3)12-7-9-13(10-8-12)17-15(4,5)11-16-6/h7-10,16H,11H2,1-6H3. The van der Waals surface area contributed by atoms with Crippen LogP contribution in [-0.2, 0) is 5.41 Å². The summed E-state index contributed by atoms with van der Waals surface area (Å²) in [6.45, 7) is 11.6. The van der Waals surface area contributed by atoms with E-state index in [4.69, 9.17) is 4.74 Å². The first kappa shape index (κ1) is 14.0. The van der Waals surface area contributed by atoms with E-state index in [0.29, 0.717) is 0 Å². The summed E-state index contributed by atoms with van der Waals surface area (Å²) in [7, 11) is 1.94. The van der Waals surface area contributed by atoms with Gasteiger partial charge in [-0.2, -0.15) is 0 Å². The fraction of sp³-hybridized carbons (Fsp3) is 0.600. The Morgan fingerprint density at radius 3 is 1.94 bits per heavy atom. The van der Waals surface area contributed by atoms with Crippen molar-refractivity contribution in [1.29, 1.82) is 0 Å². The van der Waals surface area contributed by atoms with Crippen LogP contribution in [0.15, 0.2) is 24.3 Å². The lowest BCUT2D eigenvalue weighted by Crippen LogP contribution is -2.38. The summed E-state index contributed by atoms with van der Waals surface area (Å²) in [6.07, 6.45) is 0. The first-order valence-electron chi connectivity index (χ1n) is 6.19. The van der Waals surface area contributed by atoms with Crippen molar-refractivity contribution in [2.24, 2.45) is 0 Å². The van der Waals surface area contributed by atoms with Crippen LogP contribution in [0, 0.1) is 0 Å². The van der Waals surface area contributed by atoms with E-state index in [9.17, 15) is 0 Å². The van der Waals surface area contributed by atoms with Crippen LogP contribution in [0.2, 0.25) is 0 Å². The van der Waals surface area contributed by atoms with Crippen LogP contribution in [0.5, 0.6) is 5.75 Å². The molecule has 0 fully saturated rings. The van der Waals surface area contributed by atoms with Crippen LogP contribution < -0.4 is 10.1 Å². The zero-order chi connectivity index (χ0) is 13.1. The molecule has 17 heavy (non-hydrogen) atoms. The molecule has 0 atom stereocenters. The fourth-order valence-electron chi connectivity index (χ4n) is 1.80. The summed E-state index contributed by atoms with van der Waals surface area (Å²) in [4.78, 5) is 0. The molecule has 0 spiro atoms. The molecule has 1 aromatic rings. The number of nitrogens with one attached hydrogen (secondary N) is 1. The van der Waals surface area contributed by atoms with Crippen LogP contribution in [0.4, 0.5) is 0 Å². The minimum atomic E-state index is -0.183. The summed E-state index contributed by atoms with van der Waals surface area (Å²) >= 11 is 0. The summed E-state index contributed by atoms with van der Waals surface area (Å²) in [5, 5.41) is 3.14. The van der Waals surface area contributed by atoms with Gasteiger partial charge < -0.3 is 10.1 Å². The van der Waals surface area contributed by atoms with Gasteiger partial charge in [0.25, 0.3) is 0 Å². The van der Waals surface area contributed by atoms with E-state index in [1.54, 1.807) is 0 Å². The SMILES string of the molecule is CNCC(C)(C)Oc1ccc(C(C)(C)C)cc1. The molecule has 0 heterocycles. The molecule has 0 aromatic heterocycles. The maximum absolute atomic E-state index is 5.95. The van der Waals surface area contributed by atoms with Gasteiger partial charge in [0.15, 0.2) is 0 Å². The molecule has 2 heteroatoms. The molecule has 0 bridgehead atoms. The smallest absolute Gasteiger partial charge is 0.120 e. The van der Waals surface area contributed by atoms with E-state index in [1.807, 2.05) is 7.05 Å². The summed E-state index contributed by atoms with van der Waals surface area (Å²) < 4.78 is 5.95. The number of hydrogen-bond donors (Lipinski definition) is 1. The van der Waals surface area contributed by atoms with Gasteiger partial charge in [0.2, 0.25) is 0 Å². The van der Waals surface area contributed by atoms with E-state index in [1.165, 1.54) is 5.56 Å². The predicted molar refractivity (Wildman–Crippen MR) is 73.8 cm³/mol. The Balaban J connectivity index is 2.75. The molecule has 0 radical (unpaired) electrons. The minimum Gasteiger partial charge on any atom is -0.487 e. The number of likely N-dealkylation sites (N-methyl/N-ethyl adjacent to an activating group) is 1. The summed E-state index contributed by atoms with van der Waals surface area (Å²) in [5.41, 5.74) is 1.34. The van der Waals surface area contributed by atoms with Gasteiger partial charge in [0.05, 0.1) is 0 Å². The topological polar surface area (TPSA) is 21.3 Å². The zero-order valence-corrected chi connectivity index (χ0v) is 11.9. The zero-order valence-electron chi connectivity index (χ0n) is 11.9. The van der Waals surface area contributed by atoms with E-state index in [0.717, 1.165) is 12.3 Å². The Bertz CT molecular complexity index is 346. The molecule has 0 aliphatic carbocycles. The van der Waals surface area contributed by atoms with Gasteiger partial charge in [0.1, 0.15) is 11.4 Å². The molecule has 0 unspecified atom stereocenters. The maximum atomic E-state index is 5.95. The Kier molecular flexibility index (Phi) is 4.21.